The first-order valence-electron chi connectivity index (χ1n) is 6.55. The van der Waals surface area contributed by atoms with E-state index >= 15 is 0 Å². The van der Waals surface area contributed by atoms with Crippen LogP contribution in [-0.2, 0) is 6.54 Å². The molecule has 2 nitrogen and oxygen atoms in total. The number of alkyl halides is 1. The fourth-order valence-corrected chi connectivity index (χ4v) is 2.71. The van der Waals surface area contributed by atoms with Crippen LogP contribution in [0.1, 0.15) is 41.2 Å². The van der Waals surface area contributed by atoms with E-state index in [1.165, 1.54) is 12.1 Å². The van der Waals surface area contributed by atoms with E-state index in [0.717, 1.165) is 29.4 Å². The van der Waals surface area contributed by atoms with Crippen molar-refractivity contribution in [3.8, 4) is 0 Å². The minimum absolute atomic E-state index is 0.0898. The van der Waals surface area contributed by atoms with Crippen LogP contribution in [0.25, 0.3) is 0 Å². The second-order valence-corrected chi connectivity index (χ2v) is 5.42. The average Bonchev–Trinajstić information content (AvgIpc) is 2.62. The molecule has 0 amide bonds. The fraction of sp³-hybridized carbons (Fsp3) is 0.400. The molecule has 20 heavy (non-hydrogen) atoms. The summed E-state index contributed by atoms with van der Waals surface area (Å²) in [4.78, 5) is 0. The number of aryl methyl sites for hydroxylation is 1. The van der Waals surface area contributed by atoms with Crippen molar-refractivity contribution in [2.75, 3.05) is 0 Å². The molecule has 1 unspecified atom stereocenters. The van der Waals surface area contributed by atoms with Gasteiger partial charge in [0, 0.05) is 17.3 Å². The Balaban J connectivity index is 2.35. The molecule has 2 aromatic rings. The Bertz CT molecular complexity index is 602. The predicted molar refractivity (Wildman–Crippen MR) is 76.0 cm³/mol. The van der Waals surface area contributed by atoms with Crippen molar-refractivity contribution < 1.29 is 8.78 Å². The average molecular weight is 299 g/mol. The second kappa shape index (κ2) is 5.92. The van der Waals surface area contributed by atoms with E-state index in [4.69, 9.17) is 11.6 Å². The molecule has 1 atom stereocenters. The van der Waals surface area contributed by atoms with E-state index < -0.39 is 11.6 Å². The van der Waals surface area contributed by atoms with Crippen LogP contribution in [0.5, 0.6) is 0 Å². The standard InChI is InChI=1S/C15H17ClF2N2/c1-4-14(16)15-9(2)19-20(10(15)3)8-11-5-12(17)7-13(18)6-11/h5-7,14H,4,8H2,1-3H3. The highest BCUT2D eigenvalue weighted by Gasteiger charge is 2.18. The van der Waals surface area contributed by atoms with Crippen LogP contribution < -0.4 is 0 Å². The van der Waals surface area contributed by atoms with Gasteiger partial charge in [-0.05, 0) is 38.0 Å². The quantitative estimate of drug-likeness (QED) is 0.759. The molecule has 0 radical (unpaired) electrons. The van der Waals surface area contributed by atoms with Crippen molar-refractivity contribution in [3.63, 3.8) is 0 Å². The van der Waals surface area contributed by atoms with E-state index in [0.29, 0.717) is 12.1 Å². The third-order valence-corrected chi connectivity index (χ3v) is 3.89. The lowest BCUT2D eigenvalue weighted by atomic mass is 10.1. The molecule has 5 heteroatoms. The van der Waals surface area contributed by atoms with Gasteiger partial charge in [-0.15, -0.1) is 11.6 Å². The van der Waals surface area contributed by atoms with Crippen LogP contribution in [0.4, 0.5) is 8.78 Å². The highest BCUT2D eigenvalue weighted by Crippen LogP contribution is 2.29. The normalized spacial score (nSPS) is 12.7. The van der Waals surface area contributed by atoms with Gasteiger partial charge in [-0.25, -0.2) is 8.78 Å². The molecule has 0 saturated heterocycles. The summed E-state index contributed by atoms with van der Waals surface area (Å²) < 4.78 is 28.2. The summed E-state index contributed by atoms with van der Waals surface area (Å²) in [5.74, 6) is -1.16. The topological polar surface area (TPSA) is 17.8 Å². The maximum atomic E-state index is 13.2. The SMILES string of the molecule is CCC(Cl)c1c(C)nn(Cc2cc(F)cc(F)c2)c1C. The number of nitrogens with zero attached hydrogens (tertiary/aromatic N) is 2. The van der Waals surface area contributed by atoms with Crippen molar-refractivity contribution in [3.05, 3.63) is 52.3 Å². The van der Waals surface area contributed by atoms with Gasteiger partial charge in [0.15, 0.2) is 0 Å². The zero-order valence-electron chi connectivity index (χ0n) is 11.8. The van der Waals surface area contributed by atoms with Gasteiger partial charge in [0.25, 0.3) is 0 Å². The zero-order valence-corrected chi connectivity index (χ0v) is 12.5. The van der Waals surface area contributed by atoms with Crippen LogP contribution in [0, 0.1) is 25.5 Å². The number of hydrogen-bond donors (Lipinski definition) is 0. The van der Waals surface area contributed by atoms with Gasteiger partial charge in [-0.3, -0.25) is 4.68 Å². The summed E-state index contributed by atoms with van der Waals surface area (Å²) in [6.07, 6.45) is 0.809. The van der Waals surface area contributed by atoms with Crippen LogP contribution in [0.3, 0.4) is 0 Å². The first-order valence-corrected chi connectivity index (χ1v) is 6.99. The molecule has 1 heterocycles. The highest BCUT2D eigenvalue weighted by molar-refractivity contribution is 6.20. The molecule has 0 aliphatic heterocycles. The molecule has 0 fully saturated rings. The lowest BCUT2D eigenvalue weighted by Gasteiger charge is -2.09. The van der Waals surface area contributed by atoms with Gasteiger partial charge in [0.1, 0.15) is 11.6 Å². The Labute approximate surface area is 122 Å². The van der Waals surface area contributed by atoms with E-state index in [1.54, 1.807) is 4.68 Å². The second-order valence-electron chi connectivity index (χ2n) is 4.90. The molecule has 0 N–H and O–H groups in total. The molecule has 0 spiro atoms. The molecule has 1 aromatic carbocycles. The summed E-state index contributed by atoms with van der Waals surface area (Å²) in [5, 5.41) is 4.33. The molecule has 2 rings (SSSR count). The summed E-state index contributed by atoms with van der Waals surface area (Å²) in [7, 11) is 0. The van der Waals surface area contributed by atoms with E-state index in [-0.39, 0.29) is 5.38 Å². The van der Waals surface area contributed by atoms with Crippen molar-refractivity contribution in [2.24, 2.45) is 0 Å². The van der Waals surface area contributed by atoms with Gasteiger partial charge in [0.05, 0.1) is 17.6 Å². The Kier molecular flexibility index (Phi) is 4.43. The first-order chi connectivity index (χ1) is 9.42. The third-order valence-electron chi connectivity index (χ3n) is 3.36. The molecule has 0 bridgehead atoms. The molecule has 0 saturated carbocycles. The summed E-state index contributed by atoms with van der Waals surface area (Å²) >= 11 is 6.29. The molecule has 0 aliphatic carbocycles. The third kappa shape index (κ3) is 3.01. The van der Waals surface area contributed by atoms with Crippen molar-refractivity contribution in [1.82, 2.24) is 9.78 Å². The number of aromatic nitrogens is 2. The molecular formula is C15H17ClF2N2. The molecule has 1 aromatic heterocycles. The van der Waals surface area contributed by atoms with Gasteiger partial charge in [0.2, 0.25) is 0 Å². The first kappa shape index (κ1) is 15.0. The maximum absolute atomic E-state index is 13.2. The molecule has 0 aliphatic rings. The Morgan fingerprint density at radius 3 is 2.35 bits per heavy atom. The number of halogens is 3. The van der Waals surface area contributed by atoms with E-state index in [1.807, 2.05) is 20.8 Å². The van der Waals surface area contributed by atoms with Crippen molar-refractivity contribution in [2.45, 2.75) is 39.1 Å². The van der Waals surface area contributed by atoms with Crippen molar-refractivity contribution in [1.29, 1.82) is 0 Å². The highest BCUT2D eigenvalue weighted by atomic mass is 35.5. The van der Waals surface area contributed by atoms with Crippen LogP contribution in [0.15, 0.2) is 18.2 Å². The van der Waals surface area contributed by atoms with E-state index in [2.05, 4.69) is 5.10 Å². The van der Waals surface area contributed by atoms with Gasteiger partial charge in [-0.2, -0.15) is 5.10 Å². The van der Waals surface area contributed by atoms with Crippen LogP contribution in [0.2, 0.25) is 0 Å². The molecular weight excluding hydrogens is 282 g/mol. The van der Waals surface area contributed by atoms with Crippen LogP contribution in [-0.4, -0.2) is 9.78 Å². The largest absolute Gasteiger partial charge is 0.265 e. The Morgan fingerprint density at radius 1 is 1.20 bits per heavy atom. The van der Waals surface area contributed by atoms with Crippen molar-refractivity contribution >= 4 is 11.6 Å². The molecule has 108 valence electrons. The fourth-order valence-electron chi connectivity index (χ4n) is 2.40. The number of hydrogen-bond acceptors (Lipinski definition) is 1. The Morgan fingerprint density at radius 2 is 1.80 bits per heavy atom. The lowest BCUT2D eigenvalue weighted by Crippen LogP contribution is -2.05. The van der Waals surface area contributed by atoms with E-state index in [9.17, 15) is 8.78 Å². The lowest BCUT2D eigenvalue weighted by molar-refractivity contribution is 0.572. The van der Waals surface area contributed by atoms with Gasteiger partial charge < -0.3 is 0 Å². The summed E-state index contributed by atoms with van der Waals surface area (Å²) in [6.45, 7) is 6.16. The van der Waals surface area contributed by atoms with Gasteiger partial charge >= 0.3 is 0 Å². The minimum atomic E-state index is -0.578. The monoisotopic (exact) mass is 298 g/mol. The summed E-state index contributed by atoms with van der Waals surface area (Å²) in [6, 6.07) is 3.50. The number of rotatable bonds is 4. The predicted octanol–water partition coefficient (Wildman–Crippen LogP) is 4.52. The summed E-state index contributed by atoms with van der Waals surface area (Å²) in [5.41, 5.74) is 3.35. The smallest absolute Gasteiger partial charge is 0.126 e. The zero-order chi connectivity index (χ0) is 14.9. The maximum Gasteiger partial charge on any atom is 0.126 e. The Hall–Kier alpha value is -1.42. The number of benzene rings is 1. The van der Waals surface area contributed by atoms with Gasteiger partial charge in [-0.1, -0.05) is 6.92 Å². The minimum Gasteiger partial charge on any atom is -0.265 e. The van der Waals surface area contributed by atoms with Crippen LogP contribution >= 0.6 is 11.6 Å².